The molecule has 1 amide bonds. The zero-order valence-electron chi connectivity index (χ0n) is 14.2. The number of hydrogen-bond acceptors (Lipinski definition) is 4. The van der Waals surface area contributed by atoms with Gasteiger partial charge in [-0.15, -0.1) is 0 Å². The Hall–Kier alpha value is -2.69. The zero-order chi connectivity index (χ0) is 17.1. The molecule has 2 aromatic carbocycles. The van der Waals surface area contributed by atoms with Crippen LogP contribution in [-0.4, -0.2) is 38.7 Å². The zero-order valence-corrected chi connectivity index (χ0v) is 14.2. The maximum absolute atomic E-state index is 13.1. The van der Waals surface area contributed by atoms with Crippen LogP contribution in [0.5, 0.6) is 17.2 Å². The number of methoxy groups -OCH3 is 3. The highest BCUT2D eigenvalue weighted by Crippen LogP contribution is 2.35. The van der Waals surface area contributed by atoms with Crippen molar-refractivity contribution in [3.8, 4) is 17.2 Å². The van der Waals surface area contributed by atoms with Gasteiger partial charge in [-0.1, -0.05) is 24.3 Å². The molecule has 0 radical (unpaired) electrons. The highest BCUT2D eigenvalue weighted by Gasteiger charge is 2.27. The van der Waals surface area contributed by atoms with Crippen LogP contribution in [0.15, 0.2) is 36.4 Å². The first kappa shape index (κ1) is 16.2. The lowest BCUT2D eigenvalue weighted by atomic mass is 9.99. The van der Waals surface area contributed by atoms with Gasteiger partial charge in [0.15, 0.2) is 0 Å². The fourth-order valence-corrected chi connectivity index (χ4v) is 3.04. The van der Waals surface area contributed by atoms with Crippen molar-refractivity contribution in [1.82, 2.24) is 4.90 Å². The summed E-state index contributed by atoms with van der Waals surface area (Å²) in [6.07, 6.45) is 0.850. The summed E-state index contributed by atoms with van der Waals surface area (Å²) < 4.78 is 16.0. The van der Waals surface area contributed by atoms with E-state index in [1.807, 2.05) is 17.0 Å². The lowest BCUT2D eigenvalue weighted by Gasteiger charge is -2.29. The van der Waals surface area contributed by atoms with E-state index in [1.54, 1.807) is 19.2 Å². The molecule has 0 fully saturated rings. The van der Waals surface area contributed by atoms with Crippen LogP contribution >= 0.6 is 0 Å². The molecule has 1 aliphatic rings. The molecule has 2 aromatic rings. The summed E-state index contributed by atoms with van der Waals surface area (Å²) >= 11 is 0. The topological polar surface area (TPSA) is 48.0 Å². The minimum absolute atomic E-state index is 0.0964. The van der Waals surface area contributed by atoms with Gasteiger partial charge in [-0.25, -0.2) is 0 Å². The molecular formula is C19H21NO4. The number of benzene rings is 2. The van der Waals surface area contributed by atoms with Crippen LogP contribution in [-0.2, 0) is 13.0 Å². The molecule has 1 heterocycles. The van der Waals surface area contributed by atoms with E-state index in [4.69, 9.17) is 14.2 Å². The Balaban J connectivity index is 1.96. The second-order valence-corrected chi connectivity index (χ2v) is 5.65. The van der Waals surface area contributed by atoms with Crippen LogP contribution in [0.2, 0.25) is 0 Å². The van der Waals surface area contributed by atoms with Gasteiger partial charge in [-0.05, 0) is 17.5 Å². The molecule has 0 saturated carbocycles. The molecule has 0 atom stereocenters. The van der Waals surface area contributed by atoms with E-state index >= 15 is 0 Å². The molecule has 0 saturated heterocycles. The summed E-state index contributed by atoms with van der Waals surface area (Å²) in [5.74, 6) is 1.40. The smallest absolute Gasteiger partial charge is 0.261 e. The van der Waals surface area contributed by atoms with Gasteiger partial charge in [0.05, 0.1) is 21.3 Å². The Morgan fingerprint density at radius 3 is 2.17 bits per heavy atom. The Labute approximate surface area is 141 Å². The average molecular weight is 327 g/mol. The number of fused-ring (bicyclic) bond motifs is 1. The normalized spacial score (nSPS) is 13.2. The van der Waals surface area contributed by atoms with Crippen molar-refractivity contribution in [2.45, 2.75) is 13.0 Å². The third kappa shape index (κ3) is 2.89. The van der Waals surface area contributed by atoms with Crippen molar-refractivity contribution < 1.29 is 19.0 Å². The standard InChI is InChI=1S/C19H21NO4/c1-22-15-10-16(23-2)18(17(11-15)24-3)19(21)20-9-8-13-6-4-5-7-14(13)12-20/h4-7,10-11H,8-9,12H2,1-3H3. The Bertz CT molecular complexity index is 732. The highest BCUT2D eigenvalue weighted by atomic mass is 16.5. The summed E-state index contributed by atoms with van der Waals surface area (Å²) in [6.45, 7) is 1.27. The van der Waals surface area contributed by atoms with Gasteiger partial charge in [0.2, 0.25) is 0 Å². The van der Waals surface area contributed by atoms with Crippen molar-refractivity contribution in [2.75, 3.05) is 27.9 Å². The number of carbonyl (C=O) groups is 1. The maximum atomic E-state index is 13.1. The van der Waals surface area contributed by atoms with Crippen LogP contribution in [0.4, 0.5) is 0 Å². The van der Waals surface area contributed by atoms with Gasteiger partial charge < -0.3 is 19.1 Å². The van der Waals surface area contributed by atoms with Gasteiger partial charge in [0.1, 0.15) is 22.8 Å². The molecule has 126 valence electrons. The number of hydrogen-bond donors (Lipinski definition) is 0. The van der Waals surface area contributed by atoms with E-state index in [0.29, 0.717) is 35.9 Å². The fraction of sp³-hybridized carbons (Fsp3) is 0.316. The van der Waals surface area contributed by atoms with Crippen molar-refractivity contribution in [2.24, 2.45) is 0 Å². The molecular weight excluding hydrogens is 306 g/mol. The number of rotatable bonds is 4. The number of carbonyl (C=O) groups excluding carboxylic acids is 1. The van der Waals surface area contributed by atoms with E-state index in [-0.39, 0.29) is 5.91 Å². The van der Waals surface area contributed by atoms with Crippen LogP contribution in [0.25, 0.3) is 0 Å². The molecule has 24 heavy (non-hydrogen) atoms. The third-order valence-electron chi connectivity index (χ3n) is 4.35. The van der Waals surface area contributed by atoms with Gasteiger partial charge in [0.25, 0.3) is 5.91 Å². The predicted octanol–water partition coefficient (Wildman–Crippen LogP) is 2.91. The van der Waals surface area contributed by atoms with Gasteiger partial charge in [-0.3, -0.25) is 4.79 Å². The number of amides is 1. The maximum Gasteiger partial charge on any atom is 0.261 e. The third-order valence-corrected chi connectivity index (χ3v) is 4.35. The lowest BCUT2D eigenvalue weighted by Crippen LogP contribution is -2.36. The molecule has 5 nitrogen and oxygen atoms in total. The van der Waals surface area contributed by atoms with Crippen LogP contribution < -0.4 is 14.2 Å². The quantitative estimate of drug-likeness (QED) is 0.866. The molecule has 0 unspecified atom stereocenters. The Morgan fingerprint density at radius 1 is 0.958 bits per heavy atom. The molecule has 0 aromatic heterocycles. The summed E-state index contributed by atoms with van der Waals surface area (Å²) in [4.78, 5) is 14.9. The number of nitrogens with zero attached hydrogens (tertiary/aromatic N) is 1. The summed E-state index contributed by atoms with van der Waals surface area (Å²) in [5, 5.41) is 0. The largest absolute Gasteiger partial charge is 0.496 e. The van der Waals surface area contributed by atoms with Crippen molar-refractivity contribution in [3.05, 3.63) is 53.1 Å². The Kier molecular flexibility index (Phi) is 4.60. The molecule has 0 bridgehead atoms. The lowest BCUT2D eigenvalue weighted by molar-refractivity contribution is 0.0727. The molecule has 5 heteroatoms. The van der Waals surface area contributed by atoms with E-state index in [2.05, 4.69) is 12.1 Å². The van der Waals surface area contributed by atoms with Crippen molar-refractivity contribution in [3.63, 3.8) is 0 Å². The van der Waals surface area contributed by atoms with E-state index in [1.165, 1.54) is 25.3 Å². The molecule has 1 aliphatic heterocycles. The van der Waals surface area contributed by atoms with Crippen LogP contribution in [0.1, 0.15) is 21.5 Å². The van der Waals surface area contributed by atoms with Crippen LogP contribution in [0.3, 0.4) is 0 Å². The average Bonchev–Trinajstić information content (AvgIpc) is 2.65. The molecule has 0 aliphatic carbocycles. The SMILES string of the molecule is COc1cc(OC)c(C(=O)N2CCc3ccccc3C2)c(OC)c1. The van der Waals surface area contributed by atoms with Crippen molar-refractivity contribution >= 4 is 5.91 Å². The first-order valence-corrected chi connectivity index (χ1v) is 7.84. The molecule has 3 rings (SSSR count). The van der Waals surface area contributed by atoms with E-state index < -0.39 is 0 Å². The van der Waals surface area contributed by atoms with E-state index in [9.17, 15) is 4.79 Å². The molecule has 0 N–H and O–H groups in total. The molecule has 0 spiro atoms. The van der Waals surface area contributed by atoms with Gasteiger partial charge in [-0.2, -0.15) is 0 Å². The van der Waals surface area contributed by atoms with Crippen LogP contribution in [0, 0.1) is 0 Å². The summed E-state index contributed by atoms with van der Waals surface area (Å²) in [5.41, 5.74) is 2.92. The minimum atomic E-state index is -0.0964. The fourth-order valence-electron chi connectivity index (χ4n) is 3.04. The van der Waals surface area contributed by atoms with Gasteiger partial charge in [0, 0.05) is 25.2 Å². The summed E-state index contributed by atoms with van der Waals surface area (Å²) in [6, 6.07) is 11.6. The Morgan fingerprint density at radius 2 is 1.58 bits per heavy atom. The monoisotopic (exact) mass is 327 g/mol. The second-order valence-electron chi connectivity index (χ2n) is 5.65. The van der Waals surface area contributed by atoms with E-state index in [0.717, 1.165) is 6.42 Å². The van der Waals surface area contributed by atoms with Crippen molar-refractivity contribution in [1.29, 1.82) is 0 Å². The first-order valence-electron chi connectivity index (χ1n) is 7.84. The summed E-state index contributed by atoms with van der Waals surface area (Å²) in [7, 11) is 4.64. The second kappa shape index (κ2) is 6.83. The first-order chi connectivity index (χ1) is 11.7. The van der Waals surface area contributed by atoms with Gasteiger partial charge >= 0.3 is 0 Å². The predicted molar refractivity (Wildman–Crippen MR) is 91.0 cm³/mol. The minimum Gasteiger partial charge on any atom is -0.496 e. The highest BCUT2D eigenvalue weighted by molar-refractivity contribution is 6.00. The number of ether oxygens (including phenoxy) is 3.